The number of ether oxygens (including phenoxy) is 1. The molecule has 0 heterocycles. The maximum absolute atomic E-state index is 13.3. The largest absolute Gasteiger partial charge is 0.469 e. The van der Waals surface area contributed by atoms with Gasteiger partial charge >= 0.3 is 5.97 Å². The summed E-state index contributed by atoms with van der Waals surface area (Å²) in [5.41, 5.74) is 7.20. The van der Waals surface area contributed by atoms with Crippen LogP contribution in [0.4, 0.5) is 4.39 Å². The van der Waals surface area contributed by atoms with E-state index in [4.69, 9.17) is 5.73 Å². The van der Waals surface area contributed by atoms with Crippen molar-refractivity contribution in [3.05, 3.63) is 35.1 Å². The number of carbonyl (C=O) groups excluding carboxylic acids is 1. The van der Waals surface area contributed by atoms with Crippen molar-refractivity contribution in [2.75, 3.05) is 20.7 Å². The molecule has 0 aliphatic carbocycles. The second-order valence-electron chi connectivity index (χ2n) is 4.59. The molecule has 2 N–H and O–H groups in total. The Hall–Kier alpha value is -1.46. The lowest BCUT2D eigenvalue weighted by Gasteiger charge is -2.16. The van der Waals surface area contributed by atoms with Crippen LogP contribution in [0.15, 0.2) is 18.2 Å². The number of benzene rings is 1. The maximum atomic E-state index is 13.3. The highest BCUT2D eigenvalue weighted by Gasteiger charge is 2.05. The molecule has 0 spiro atoms. The van der Waals surface area contributed by atoms with E-state index in [2.05, 4.69) is 4.74 Å². The number of nitrogens with two attached hydrogens (primary N) is 1. The van der Waals surface area contributed by atoms with Crippen molar-refractivity contribution in [1.82, 2.24) is 4.90 Å². The lowest BCUT2D eigenvalue weighted by atomic mass is 10.1. The molecule has 0 fully saturated rings. The second-order valence-corrected chi connectivity index (χ2v) is 4.59. The number of rotatable bonds is 7. The standard InChI is InChI=1S/C14H21FN2O2/c1-17(5-3-4-14(18)19-2)10-12-6-11(9-16)7-13(15)8-12/h6-8H,3-5,9-10,16H2,1-2H3. The van der Waals surface area contributed by atoms with Crippen LogP contribution < -0.4 is 5.73 Å². The fourth-order valence-corrected chi connectivity index (χ4v) is 1.91. The maximum Gasteiger partial charge on any atom is 0.305 e. The normalized spacial score (nSPS) is 10.8. The molecule has 106 valence electrons. The molecule has 0 aliphatic heterocycles. The van der Waals surface area contributed by atoms with Crippen LogP contribution in [-0.4, -0.2) is 31.6 Å². The van der Waals surface area contributed by atoms with Gasteiger partial charge in [-0.25, -0.2) is 4.39 Å². The lowest BCUT2D eigenvalue weighted by molar-refractivity contribution is -0.140. The first-order chi connectivity index (χ1) is 9.05. The first-order valence-electron chi connectivity index (χ1n) is 6.29. The Morgan fingerprint density at radius 1 is 1.37 bits per heavy atom. The second kappa shape index (κ2) is 7.86. The van der Waals surface area contributed by atoms with Crippen molar-refractivity contribution >= 4 is 5.97 Å². The molecular weight excluding hydrogens is 247 g/mol. The third-order valence-corrected chi connectivity index (χ3v) is 2.85. The van der Waals surface area contributed by atoms with Crippen LogP contribution >= 0.6 is 0 Å². The van der Waals surface area contributed by atoms with Gasteiger partial charge in [0.1, 0.15) is 5.82 Å². The molecule has 0 aliphatic rings. The van der Waals surface area contributed by atoms with E-state index in [-0.39, 0.29) is 11.8 Å². The minimum absolute atomic E-state index is 0.204. The van der Waals surface area contributed by atoms with Crippen LogP contribution in [0.3, 0.4) is 0 Å². The summed E-state index contributed by atoms with van der Waals surface area (Å²) in [6, 6.07) is 4.86. The Kier molecular flexibility index (Phi) is 6.45. The molecule has 0 amide bonds. The molecule has 0 aromatic heterocycles. The summed E-state index contributed by atoms with van der Waals surface area (Å²) >= 11 is 0. The molecule has 1 aromatic carbocycles. The van der Waals surface area contributed by atoms with E-state index >= 15 is 0 Å². The molecular formula is C14H21FN2O2. The number of hydrogen-bond acceptors (Lipinski definition) is 4. The Morgan fingerprint density at radius 3 is 2.68 bits per heavy atom. The number of nitrogens with zero attached hydrogens (tertiary/aromatic N) is 1. The van der Waals surface area contributed by atoms with Crippen LogP contribution in [0.2, 0.25) is 0 Å². The third-order valence-electron chi connectivity index (χ3n) is 2.85. The van der Waals surface area contributed by atoms with Crippen LogP contribution in [-0.2, 0) is 22.6 Å². The van der Waals surface area contributed by atoms with Gasteiger partial charge in [-0.1, -0.05) is 6.07 Å². The molecule has 1 aromatic rings. The summed E-state index contributed by atoms with van der Waals surface area (Å²) in [6.45, 7) is 1.71. The van der Waals surface area contributed by atoms with E-state index in [1.807, 2.05) is 18.0 Å². The summed E-state index contributed by atoms with van der Waals surface area (Å²) in [5.74, 6) is -0.467. The summed E-state index contributed by atoms with van der Waals surface area (Å²) in [5, 5.41) is 0. The van der Waals surface area contributed by atoms with E-state index in [9.17, 15) is 9.18 Å². The van der Waals surface area contributed by atoms with Crippen molar-refractivity contribution in [2.45, 2.75) is 25.9 Å². The van der Waals surface area contributed by atoms with Gasteiger partial charge in [0.05, 0.1) is 7.11 Å². The average molecular weight is 268 g/mol. The summed E-state index contributed by atoms with van der Waals surface area (Å²) in [6.07, 6.45) is 1.13. The zero-order chi connectivity index (χ0) is 14.3. The predicted octanol–water partition coefficient (Wildman–Crippen LogP) is 1.67. The minimum atomic E-state index is -0.263. The van der Waals surface area contributed by atoms with Gasteiger partial charge in [-0.15, -0.1) is 0 Å². The lowest BCUT2D eigenvalue weighted by Crippen LogP contribution is -2.20. The van der Waals surface area contributed by atoms with Crippen LogP contribution in [0, 0.1) is 5.82 Å². The molecule has 0 bridgehead atoms. The zero-order valence-electron chi connectivity index (χ0n) is 11.5. The highest BCUT2D eigenvalue weighted by Crippen LogP contribution is 2.11. The molecule has 0 radical (unpaired) electrons. The molecule has 0 saturated carbocycles. The quantitative estimate of drug-likeness (QED) is 0.764. The Morgan fingerprint density at radius 2 is 2.05 bits per heavy atom. The first-order valence-corrected chi connectivity index (χ1v) is 6.29. The smallest absolute Gasteiger partial charge is 0.305 e. The Labute approximate surface area is 113 Å². The summed E-state index contributed by atoms with van der Waals surface area (Å²) in [7, 11) is 3.32. The van der Waals surface area contributed by atoms with Gasteiger partial charge in [-0.2, -0.15) is 0 Å². The molecule has 4 nitrogen and oxygen atoms in total. The topological polar surface area (TPSA) is 55.6 Å². The monoisotopic (exact) mass is 268 g/mol. The van der Waals surface area contributed by atoms with Crippen LogP contribution in [0.25, 0.3) is 0 Å². The number of methoxy groups -OCH3 is 1. The summed E-state index contributed by atoms with van der Waals surface area (Å²) in [4.78, 5) is 13.0. The predicted molar refractivity (Wildman–Crippen MR) is 71.9 cm³/mol. The van der Waals surface area contributed by atoms with E-state index in [0.717, 1.165) is 24.1 Å². The Balaban J connectivity index is 2.45. The highest BCUT2D eigenvalue weighted by molar-refractivity contribution is 5.69. The third kappa shape index (κ3) is 5.81. The zero-order valence-corrected chi connectivity index (χ0v) is 11.5. The van der Waals surface area contributed by atoms with Gasteiger partial charge in [0.15, 0.2) is 0 Å². The van der Waals surface area contributed by atoms with Gasteiger partial charge in [0.25, 0.3) is 0 Å². The number of esters is 1. The first kappa shape index (κ1) is 15.6. The number of carbonyl (C=O) groups is 1. The number of halogens is 1. The van der Waals surface area contributed by atoms with Crippen molar-refractivity contribution < 1.29 is 13.9 Å². The summed E-state index contributed by atoms with van der Waals surface area (Å²) < 4.78 is 17.9. The van der Waals surface area contributed by atoms with Gasteiger partial charge in [-0.05, 0) is 43.3 Å². The van der Waals surface area contributed by atoms with E-state index in [0.29, 0.717) is 19.5 Å². The molecule has 1 rings (SSSR count). The van der Waals surface area contributed by atoms with Gasteiger partial charge in [0.2, 0.25) is 0 Å². The van der Waals surface area contributed by atoms with Crippen LogP contribution in [0.5, 0.6) is 0 Å². The van der Waals surface area contributed by atoms with E-state index in [1.54, 1.807) is 0 Å². The minimum Gasteiger partial charge on any atom is -0.469 e. The number of hydrogen-bond donors (Lipinski definition) is 1. The fraction of sp³-hybridized carbons (Fsp3) is 0.500. The fourth-order valence-electron chi connectivity index (χ4n) is 1.91. The van der Waals surface area contributed by atoms with Gasteiger partial charge in [-0.3, -0.25) is 4.79 Å². The van der Waals surface area contributed by atoms with Crippen molar-refractivity contribution in [1.29, 1.82) is 0 Å². The van der Waals surface area contributed by atoms with Gasteiger partial charge < -0.3 is 15.4 Å². The molecule has 0 atom stereocenters. The van der Waals surface area contributed by atoms with Crippen LogP contribution in [0.1, 0.15) is 24.0 Å². The molecule has 0 unspecified atom stereocenters. The molecule has 0 saturated heterocycles. The SMILES string of the molecule is COC(=O)CCCN(C)Cc1cc(F)cc(CN)c1. The van der Waals surface area contributed by atoms with Gasteiger partial charge in [0, 0.05) is 19.5 Å². The van der Waals surface area contributed by atoms with Crippen molar-refractivity contribution in [3.63, 3.8) is 0 Å². The van der Waals surface area contributed by atoms with E-state index < -0.39 is 0 Å². The average Bonchev–Trinajstić information content (AvgIpc) is 2.37. The highest BCUT2D eigenvalue weighted by atomic mass is 19.1. The van der Waals surface area contributed by atoms with E-state index in [1.165, 1.54) is 19.2 Å². The van der Waals surface area contributed by atoms with Crippen molar-refractivity contribution in [3.8, 4) is 0 Å². The Bertz CT molecular complexity index is 424. The van der Waals surface area contributed by atoms with Crippen molar-refractivity contribution in [2.24, 2.45) is 5.73 Å². The molecule has 5 heteroatoms. The molecule has 19 heavy (non-hydrogen) atoms.